The van der Waals surface area contributed by atoms with Gasteiger partial charge in [0, 0.05) is 18.1 Å². The number of pyridine rings is 1. The van der Waals surface area contributed by atoms with E-state index in [9.17, 15) is 14.9 Å². The van der Waals surface area contributed by atoms with Gasteiger partial charge in [0.05, 0.1) is 11.7 Å². The molecular weight excluding hydrogens is 372 g/mol. The monoisotopic (exact) mass is 394 g/mol. The Morgan fingerprint density at radius 1 is 1.31 bits per heavy atom. The Morgan fingerprint density at radius 2 is 2.03 bits per heavy atom. The lowest BCUT2D eigenvalue weighted by molar-refractivity contribution is -0.109. The molecule has 0 spiro atoms. The largest absolute Gasteiger partial charge is 0.480 e. The van der Waals surface area contributed by atoms with E-state index in [2.05, 4.69) is 20.6 Å². The summed E-state index contributed by atoms with van der Waals surface area (Å²) in [6.45, 7) is 1.55. The molecule has 0 fully saturated rings. The molecule has 0 saturated heterocycles. The van der Waals surface area contributed by atoms with Crippen LogP contribution >= 0.6 is 0 Å². The van der Waals surface area contributed by atoms with Gasteiger partial charge in [0.2, 0.25) is 0 Å². The zero-order valence-corrected chi connectivity index (χ0v) is 16.7. The van der Waals surface area contributed by atoms with Crippen molar-refractivity contribution in [3.05, 3.63) is 52.2 Å². The van der Waals surface area contributed by atoms with Crippen LogP contribution in [-0.2, 0) is 11.8 Å². The highest BCUT2D eigenvalue weighted by Gasteiger charge is 2.10. The molecule has 0 bridgehead atoms. The second kappa shape index (κ2) is 9.96. The van der Waals surface area contributed by atoms with Crippen LogP contribution < -0.4 is 20.9 Å². The molecule has 0 atom stereocenters. The summed E-state index contributed by atoms with van der Waals surface area (Å²) in [5.41, 5.74) is 1.40. The second-order valence-corrected chi connectivity index (χ2v) is 6.04. The van der Waals surface area contributed by atoms with Crippen molar-refractivity contribution >= 4 is 28.7 Å². The van der Waals surface area contributed by atoms with E-state index in [1.54, 1.807) is 38.2 Å². The van der Waals surface area contributed by atoms with Crippen molar-refractivity contribution < 1.29 is 9.53 Å². The molecule has 0 radical (unpaired) electrons. The number of aldehydes is 1. The molecule has 0 amide bonds. The zero-order valence-electron chi connectivity index (χ0n) is 16.7. The number of anilines is 2. The Morgan fingerprint density at radius 3 is 2.69 bits per heavy atom. The first-order valence-corrected chi connectivity index (χ1v) is 8.74. The third-order valence-electron chi connectivity index (χ3n) is 3.79. The van der Waals surface area contributed by atoms with E-state index in [0.717, 1.165) is 5.39 Å². The number of aryl methyl sites for hydroxylation is 2. The van der Waals surface area contributed by atoms with E-state index in [-0.39, 0.29) is 17.9 Å². The molecule has 0 unspecified atom stereocenters. The summed E-state index contributed by atoms with van der Waals surface area (Å²) in [5, 5.41) is 15.8. The van der Waals surface area contributed by atoms with Crippen molar-refractivity contribution in [2.75, 3.05) is 26.0 Å². The van der Waals surface area contributed by atoms with Gasteiger partial charge >= 0.3 is 0 Å². The number of nitrogens with zero attached hydrogens (tertiary/aromatic N) is 4. The van der Waals surface area contributed by atoms with Crippen LogP contribution in [0.15, 0.2) is 35.3 Å². The smallest absolute Gasteiger partial charge is 0.293 e. The highest BCUT2D eigenvalue weighted by molar-refractivity contribution is 5.85. The standard InChI is InChI=1S/C18H15N5O3.C2H7N/c1-11-20-10-13(9-19)17(21-11)22-14-3-4-15-12(7-14)8-16(26-6-5-24)18(25)23(15)2;1-3-2/h3-5,7-8,10H,6H2,1-2H3,(H,20,21,22);3H,1-2H3. The molecule has 0 saturated carbocycles. The molecule has 2 N–H and O–H groups in total. The Kier molecular flexibility index (Phi) is 7.40. The quantitative estimate of drug-likeness (QED) is 0.627. The van der Waals surface area contributed by atoms with E-state index in [1.807, 2.05) is 20.2 Å². The Hall–Kier alpha value is -3.77. The maximum absolute atomic E-state index is 12.2. The van der Waals surface area contributed by atoms with Crippen molar-refractivity contribution in [3.63, 3.8) is 0 Å². The average Bonchev–Trinajstić information content (AvgIpc) is 2.70. The number of nitriles is 1. The van der Waals surface area contributed by atoms with Crippen molar-refractivity contribution in [2.45, 2.75) is 6.92 Å². The third kappa shape index (κ3) is 5.15. The van der Waals surface area contributed by atoms with Gasteiger partial charge in [0.15, 0.2) is 17.9 Å². The van der Waals surface area contributed by atoms with Crippen LogP contribution in [-0.4, -0.2) is 41.5 Å². The van der Waals surface area contributed by atoms with Gasteiger partial charge in [-0.05, 0) is 45.3 Å². The fourth-order valence-electron chi connectivity index (χ4n) is 2.54. The third-order valence-corrected chi connectivity index (χ3v) is 3.79. The Balaban J connectivity index is 0.000000941. The molecule has 3 aromatic rings. The number of fused-ring (bicyclic) bond motifs is 1. The van der Waals surface area contributed by atoms with Gasteiger partial charge < -0.3 is 19.9 Å². The summed E-state index contributed by atoms with van der Waals surface area (Å²) in [4.78, 5) is 31.0. The minimum absolute atomic E-state index is 0.0971. The first kappa shape index (κ1) is 21.5. The SMILES string of the molecule is CNC.Cc1ncc(C#N)c(Nc2ccc3c(c2)cc(OCC=O)c(=O)n3C)n1. The van der Waals surface area contributed by atoms with Crippen LogP contribution in [0.2, 0.25) is 0 Å². The van der Waals surface area contributed by atoms with Gasteiger partial charge in [-0.1, -0.05) is 0 Å². The molecule has 2 aromatic heterocycles. The van der Waals surface area contributed by atoms with Crippen LogP contribution in [0.4, 0.5) is 11.5 Å². The Bertz CT molecular complexity index is 1120. The van der Waals surface area contributed by atoms with E-state index in [1.165, 1.54) is 10.8 Å². The van der Waals surface area contributed by atoms with Crippen molar-refractivity contribution in [1.29, 1.82) is 5.26 Å². The number of nitrogens with one attached hydrogen (secondary N) is 2. The summed E-state index contributed by atoms with van der Waals surface area (Å²) in [6, 6.07) is 9.00. The first-order chi connectivity index (χ1) is 13.9. The van der Waals surface area contributed by atoms with Gasteiger partial charge in [0.25, 0.3) is 5.56 Å². The summed E-state index contributed by atoms with van der Waals surface area (Å²) in [6.07, 6.45) is 2.04. The van der Waals surface area contributed by atoms with Gasteiger partial charge in [-0.2, -0.15) is 5.26 Å². The van der Waals surface area contributed by atoms with E-state index in [0.29, 0.717) is 34.7 Å². The van der Waals surface area contributed by atoms with Crippen molar-refractivity contribution in [3.8, 4) is 11.8 Å². The van der Waals surface area contributed by atoms with Gasteiger partial charge in [-0.25, -0.2) is 9.97 Å². The number of hydrogen-bond acceptors (Lipinski definition) is 8. The number of carbonyl (C=O) groups excluding carboxylic acids is 1. The first-order valence-electron chi connectivity index (χ1n) is 8.74. The van der Waals surface area contributed by atoms with E-state index in [4.69, 9.17) is 4.74 Å². The summed E-state index contributed by atoms with van der Waals surface area (Å²) >= 11 is 0. The fraction of sp³-hybridized carbons (Fsp3) is 0.250. The number of rotatable bonds is 5. The van der Waals surface area contributed by atoms with Gasteiger partial charge in [0.1, 0.15) is 24.1 Å². The lowest BCUT2D eigenvalue weighted by atomic mass is 10.2. The number of ether oxygens (including phenoxy) is 1. The molecule has 0 aliphatic rings. The van der Waals surface area contributed by atoms with E-state index >= 15 is 0 Å². The van der Waals surface area contributed by atoms with Crippen molar-refractivity contribution in [2.24, 2.45) is 7.05 Å². The molecule has 150 valence electrons. The van der Waals surface area contributed by atoms with E-state index < -0.39 is 0 Å². The van der Waals surface area contributed by atoms with Crippen LogP contribution in [0.5, 0.6) is 5.75 Å². The molecule has 1 aromatic carbocycles. The molecular formula is C20H22N6O3. The lowest BCUT2D eigenvalue weighted by Gasteiger charge is -2.12. The summed E-state index contributed by atoms with van der Waals surface area (Å²) in [7, 11) is 5.38. The fourth-order valence-corrected chi connectivity index (χ4v) is 2.54. The Labute approximate surface area is 168 Å². The highest BCUT2D eigenvalue weighted by atomic mass is 16.5. The van der Waals surface area contributed by atoms with Gasteiger partial charge in [-0.15, -0.1) is 0 Å². The number of aromatic nitrogens is 3. The number of hydrogen-bond donors (Lipinski definition) is 2. The maximum atomic E-state index is 12.2. The minimum atomic E-state index is -0.321. The van der Waals surface area contributed by atoms with Crippen LogP contribution in [0.25, 0.3) is 10.9 Å². The molecule has 3 rings (SSSR count). The number of benzene rings is 1. The summed E-state index contributed by atoms with van der Waals surface area (Å²) in [5.74, 6) is 1.04. The van der Waals surface area contributed by atoms with Gasteiger partial charge in [-0.3, -0.25) is 9.59 Å². The molecule has 0 aliphatic heterocycles. The molecule has 0 aliphatic carbocycles. The van der Waals surface area contributed by atoms with Crippen molar-refractivity contribution in [1.82, 2.24) is 19.9 Å². The average molecular weight is 394 g/mol. The molecule has 2 heterocycles. The normalized spacial score (nSPS) is 9.90. The van der Waals surface area contributed by atoms with Crippen LogP contribution in [0.1, 0.15) is 11.4 Å². The predicted octanol–water partition coefficient (Wildman–Crippen LogP) is 1.67. The zero-order chi connectivity index (χ0) is 21.4. The maximum Gasteiger partial charge on any atom is 0.293 e. The molecule has 29 heavy (non-hydrogen) atoms. The minimum Gasteiger partial charge on any atom is -0.480 e. The topological polar surface area (TPSA) is 122 Å². The molecule has 9 nitrogen and oxygen atoms in total. The van der Waals surface area contributed by atoms with Crippen LogP contribution in [0, 0.1) is 18.3 Å². The van der Waals surface area contributed by atoms with Crippen LogP contribution in [0.3, 0.4) is 0 Å². The summed E-state index contributed by atoms with van der Waals surface area (Å²) < 4.78 is 6.65. The highest BCUT2D eigenvalue weighted by Crippen LogP contribution is 2.24. The molecule has 9 heteroatoms. The predicted molar refractivity (Wildman–Crippen MR) is 110 cm³/mol. The second-order valence-electron chi connectivity index (χ2n) is 6.04. The number of carbonyl (C=O) groups is 1. The lowest BCUT2D eigenvalue weighted by Crippen LogP contribution is -2.20.